The molecule has 0 unspecified atom stereocenters. The van der Waals surface area contributed by atoms with Gasteiger partial charge < -0.3 is 9.72 Å². The van der Waals surface area contributed by atoms with Crippen molar-refractivity contribution >= 4 is 11.3 Å². The third kappa shape index (κ3) is 4.28. The van der Waals surface area contributed by atoms with E-state index in [0.29, 0.717) is 6.54 Å². The molecular weight excluding hydrogens is 382 g/mol. The van der Waals surface area contributed by atoms with Gasteiger partial charge in [0.25, 0.3) is 5.56 Å². The fourth-order valence-electron chi connectivity index (χ4n) is 3.56. The number of aromatic nitrogens is 2. The number of thiophene rings is 1. The number of methoxy groups -OCH3 is 1. The van der Waals surface area contributed by atoms with Crippen molar-refractivity contribution in [3.8, 4) is 16.2 Å². The average molecular weight is 410 g/mol. The van der Waals surface area contributed by atoms with E-state index < -0.39 is 0 Å². The maximum Gasteiger partial charge on any atom is 0.255 e. The lowest BCUT2D eigenvalue weighted by Crippen LogP contribution is -2.36. The van der Waals surface area contributed by atoms with Gasteiger partial charge in [-0.3, -0.25) is 9.69 Å². The molecule has 0 fully saturated rings. The maximum atomic E-state index is 12.6. The van der Waals surface area contributed by atoms with Crippen molar-refractivity contribution in [3.63, 3.8) is 0 Å². The largest absolute Gasteiger partial charge is 0.497 e. The van der Waals surface area contributed by atoms with E-state index in [1.54, 1.807) is 18.4 Å². The third-order valence-electron chi connectivity index (χ3n) is 5.27. The van der Waals surface area contributed by atoms with Crippen LogP contribution < -0.4 is 10.3 Å². The van der Waals surface area contributed by atoms with Crippen LogP contribution in [0.5, 0.6) is 5.75 Å². The molecule has 4 rings (SSSR count). The molecule has 0 saturated carbocycles. The number of H-pyrrole nitrogens is 1. The Labute approximate surface area is 175 Å². The van der Waals surface area contributed by atoms with E-state index in [2.05, 4.69) is 54.9 Å². The Hall–Kier alpha value is -2.44. The first-order chi connectivity index (χ1) is 13.8. The van der Waals surface area contributed by atoms with Crippen LogP contribution in [0.15, 0.2) is 41.2 Å². The summed E-state index contributed by atoms with van der Waals surface area (Å²) in [4.78, 5) is 25.3. The molecule has 3 heterocycles. The van der Waals surface area contributed by atoms with Gasteiger partial charge in [0.2, 0.25) is 0 Å². The fourth-order valence-corrected chi connectivity index (χ4v) is 4.62. The Balaban J connectivity index is 1.48. The lowest BCUT2D eigenvalue weighted by atomic mass is 9.95. The molecule has 0 spiro atoms. The molecule has 0 radical (unpaired) electrons. The van der Waals surface area contributed by atoms with Gasteiger partial charge in [0.1, 0.15) is 11.6 Å². The minimum Gasteiger partial charge on any atom is -0.497 e. The van der Waals surface area contributed by atoms with Crippen molar-refractivity contribution in [1.82, 2.24) is 14.9 Å². The number of hydrogen-bond donors (Lipinski definition) is 1. The number of aromatic amines is 1. The van der Waals surface area contributed by atoms with Crippen LogP contribution >= 0.6 is 11.3 Å². The van der Waals surface area contributed by atoms with Crippen LogP contribution in [0, 0.1) is 0 Å². The van der Waals surface area contributed by atoms with E-state index in [-0.39, 0.29) is 11.0 Å². The summed E-state index contributed by atoms with van der Waals surface area (Å²) in [6, 6.07) is 12.5. The summed E-state index contributed by atoms with van der Waals surface area (Å²) in [5.41, 5.74) is 2.83. The normalized spacial score (nSPS) is 14.6. The van der Waals surface area contributed by atoms with Gasteiger partial charge in [-0.15, -0.1) is 11.3 Å². The highest BCUT2D eigenvalue weighted by molar-refractivity contribution is 7.15. The third-order valence-corrected chi connectivity index (χ3v) is 6.39. The smallest absolute Gasteiger partial charge is 0.255 e. The number of hydrogen-bond acceptors (Lipinski definition) is 5. The van der Waals surface area contributed by atoms with E-state index in [1.807, 2.05) is 12.1 Å². The second-order valence-electron chi connectivity index (χ2n) is 8.54. The van der Waals surface area contributed by atoms with E-state index in [0.717, 1.165) is 42.3 Å². The molecular formula is C23H27N3O2S. The summed E-state index contributed by atoms with van der Waals surface area (Å²) < 4.78 is 5.24. The highest BCUT2D eigenvalue weighted by Gasteiger charge is 2.25. The zero-order valence-corrected chi connectivity index (χ0v) is 18.2. The Morgan fingerprint density at radius 1 is 1.17 bits per heavy atom. The molecule has 1 N–H and O–H groups in total. The van der Waals surface area contributed by atoms with Crippen LogP contribution in [0.4, 0.5) is 0 Å². The first-order valence-electron chi connectivity index (χ1n) is 9.91. The van der Waals surface area contributed by atoms with Gasteiger partial charge in [-0.25, -0.2) is 4.98 Å². The number of fused-ring (bicyclic) bond motifs is 1. The average Bonchev–Trinajstić information content (AvgIpc) is 3.16. The second kappa shape index (κ2) is 7.76. The number of benzene rings is 1. The van der Waals surface area contributed by atoms with Gasteiger partial charge in [-0.1, -0.05) is 20.8 Å². The predicted octanol–water partition coefficient (Wildman–Crippen LogP) is 4.36. The van der Waals surface area contributed by atoms with Crippen molar-refractivity contribution in [3.05, 3.63) is 68.7 Å². The predicted molar refractivity (Wildman–Crippen MR) is 118 cm³/mol. The molecule has 29 heavy (non-hydrogen) atoms. The summed E-state index contributed by atoms with van der Waals surface area (Å²) in [7, 11) is 1.68. The topological polar surface area (TPSA) is 58.2 Å². The fraction of sp³-hybridized carbons (Fsp3) is 0.391. The highest BCUT2D eigenvalue weighted by Crippen LogP contribution is 2.31. The molecule has 0 saturated heterocycles. The molecule has 6 heteroatoms. The molecule has 1 aromatic carbocycles. The Bertz CT molecular complexity index is 1060. The van der Waals surface area contributed by atoms with E-state index in [1.165, 1.54) is 15.3 Å². The quantitative estimate of drug-likeness (QED) is 0.695. The zero-order valence-electron chi connectivity index (χ0n) is 17.4. The lowest BCUT2D eigenvalue weighted by molar-refractivity contribution is 0.243. The summed E-state index contributed by atoms with van der Waals surface area (Å²) in [6.07, 6.45) is 0.818. The van der Waals surface area contributed by atoms with Crippen LogP contribution in [-0.4, -0.2) is 28.5 Å². The Kier molecular flexibility index (Phi) is 5.32. The number of nitrogens with one attached hydrogen (secondary N) is 1. The molecule has 0 aliphatic carbocycles. The number of nitrogens with zero attached hydrogens (tertiary/aromatic N) is 2. The van der Waals surface area contributed by atoms with Gasteiger partial charge in [-0.05, 0) is 42.0 Å². The first-order valence-corrected chi connectivity index (χ1v) is 10.7. The van der Waals surface area contributed by atoms with E-state index in [9.17, 15) is 4.79 Å². The minimum absolute atomic E-state index is 0.00901. The first kappa shape index (κ1) is 19.9. The molecule has 1 aliphatic rings. The minimum atomic E-state index is -0.153. The summed E-state index contributed by atoms with van der Waals surface area (Å²) in [5, 5.41) is 0. The molecule has 152 valence electrons. The van der Waals surface area contributed by atoms with Crippen LogP contribution in [0.1, 0.15) is 42.7 Å². The van der Waals surface area contributed by atoms with E-state index in [4.69, 9.17) is 9.72 Å². The van der Waals surface area contributed by atoms with Gasteiger partial charge in [-0.2, -0.15) is 0 Å². The number of rotatable bonds is 4. The maximum absolute atomic E-state index is 12.6. The lowest BCUT2D eigenvalue weighted by Gasteiger charge is -2.28. The van der Waals surface area contributed by atoms with Crippen molar-refractivity contribution in [2.45, 2.75) is 45.7 Å². The molecule has 2 aromatic heterocycles. The Morgan fingerprint density at radius 3 is 2.62 bits per heavy atom. The van der Waals surface area contributed by atoms with Crippen LogP contribution in [-0.2, 0) is 24.9 Å². The molecule has 0 atom stereocenters. The van der Waals surface area contributed by atoms with Gasteiger partial charge in [0, 0.05) is 41.2 Å². The van der Waals surface area contributed by atoms with Crippen molar-refractivity contribution in [2.75, 3.05) is 13.7 Å². The van der Waals surface area contributed by atoms with Crippen LogP contribution in [0.25, 0.3) is 10.4 Å². The van der Waals surface area contributed by atoms with Crippen LogP contribution in [0.3, 0.4) is 0 Å². The molecule has 1 aliphatic heterocycles. The van der Waals surface area contributed by atoms with Gasteiger partial charge >= 0.3 is 0 Å². The number of ether oxygens (including phenoxy) is 1. The van der Waals surface area contributed by atoms with Gasteiger partial charge in [0.05, 0.1) is 18.4 Å². The van der Waals surface area contributed by atoms with E-state index >= 15 is 0 Å². The SMILES string of the molecule is COc1ccc(-c2ccc(CN3CCc4nc(C(C)(C)C)[nH]c(=O)c4C3)s2)cc1. The van der Waals surface area contributed by atoms with Crippen molar-refractivity contribution in [1.29, 1.82) is 0 Å². The molecule has 3 aromatic rings. The molecule has 5 nitrogen and oxygen atoms in total. The molecule has 0 bridgehead atoms. The molecule has 0 amide bonds. The van der Waals surface area contributed by atoms with Crippen molar-refractivity contribution in [2.24, 2.45) is 0 Å². The zero-order chi connectivity index (χ0) is 20.6. The van der Waals surface area contributed by atoms with Crippen molar-refractivity contribution < 1.29 is 4.74 Å². The Morgan fingerprint density at radius 2 is 1.93 bits per heavy atom. The monoisotopic (exact) mass is 409 g/mol. The van der Waals surface area contributed by atoms with Crippen LogP contribution in [0.2, 0.25) is 0 Å². The summed E-state index contributed by atoms with van der Waals surface area (Å²) in [5.74, 6) is 1.64. The second-order valence-corrected chi connectivity index (χ2v) is 9.71. The summed E-state index contributed by atoms with van der Waals surface area (Å²) in [6.45, 7) is 8.64. The standard InChI is InChI=1S/C23H27N3O2S/c1-23(2,3)22-24-19-11-12-26(14-18(19)21(27)25-22)13-17-9-10-20(29-17)15-5-7-16(28-4)8-6-15/h5-10H,11-14H2,1-4H3,(H,24,25,27). The van der Waals surface area contributed by atoms with Gasteiger partial charge in [0.15, 0.2) is 0 Å². The highest BCUT2D eigenvalue weighted by atomic mass is 32.1. The summed E-state index contributed by atoms with van der Waals surface area (Å²) >= 11 is 1.80.